The molecule has 1 heterocycles. The lowest BCUT2D eigenvalue weighted by Gasteiger charge is -2.23. The van der Waals surface area contributed by atoms with E-state index in [0.29, 0.717) is 13.1 Å². The summed E-state index contributed by atoms with van der Waals surface area (Å²) in [6.45, 7) is 2.94. The molecule has 0 saturated heterocycles. The molecule has 112 valence electrons. The predicted molar refractivity (Wildman–Crippen MR) is 85.1 cm³/mol. The molecular weight excluding hydrogens is 266 g/mol. The molecule has 0 amide bonds. The van der Waals surface area contributed by atoms with Gasteiger partial charge in [-0.25, -0.2) is 4.98 Å². The Morgan fingerprint density at radius 3 is 2.33 bits per heavy atom. The lowest BCUT2D eigenvalue weighted by Crippen LogP contribution is -2.30. The summed E-state index contributed by atoms with van der Waals surface area (Å²) in [5.74, 6) is 1.49. The topological polar surface area (TPSA) is 68.6 Å². The molecular formula is C16H21N3O2. The van der Waals surface area contributed by atoms with Gasteiger partial charge in [0.15, 0.2) is 0 Å². The van der Waals surface area contributed by atoms with Crippen molar-refractivity contribution >= 4 is 17.3 Å². The number of rotatable bonds is 7. The van der Waals surface area contributed by atoms with E-state index >= 15 is 0 Å². The number of nitrogens with one attached hydrogen (secondary N) is 1. The van der Waals surface area contributed by atoms with Crippen LogP contribution in [0.3, 0.4) is 0 Å². The highest BCUT2D eigenvalue weighted by molar-refractivity contribution is 5.59. The highest BCUT2D eigenvalue weighted by atomic mass is 16.3. The summed E-state index contributed by atoms with van der Waals surface area (Å²) in [6, 6.07) is 13.7. The lowest BCUT2D eigenvalue weighted by molar-refractivity contribution is 0.280. The Labute approximate surface area is 124 Å². The minimum absolute atomic E-state index is 0.0249. The van der Waals surface area contributed by atoms with Gasteiger partial charge in [-0.15, -0.1) is 0 Å². The lowest BCUT2D eigenvalue weighted by atomic mass is 10.2. The standard InChI is InChI=1S/C16H21N3O2/c1-13-11-15(17-14-5-3-2-4-6-14)18-16(12-13)19(7-9-20)8-10-21/h2-6,11-12,20-21H,7-10H2,1H3,(H,17,18). The molecule has 0 aliphatic carbocycles. The molecule has 1 aromatic carbocycles. The smallest absolute Gasteiger partial charge is 0.133 e. The van der Waals surface area contributed by atoms with Crippen molar-refractivity contribution < 1.29 is 10.2 Å². The third kappa shape index (κ3) is 4.44. The number of pyridine rings is 1. The van der Waals surface area contributed by atoms with Crippen LogP contribution in [0.15, 0.2) is 42.5 Å². The van der Waals surface area contributed by atoms with E-state index in [1.165, 1.54) is 0 Å². The number of aryl methyl sites for hydroxylation is 1. The van der Waals surface area contributed by atoms with Crippen molar-refractivity contribution in [2.24, 2.45) is 0 Å². The van der Waals surface area contributed by atoms with Crippen LogP contribution in [0.2, 0.25) is 0 Å². The summed E-state index contributed by atoms with van der Waals surface area (Å²) >= 11 is 0. The van der Waals surface area contributed by atoms with Crippen LogP contribution in [0.5, 0.6) is 0 Å². The van der Waals surface area contributed by atoms with Crippen LogP contribution in [0.25, 0.3) is 0 Å². The van der Waals surface area contributed by atoms with Crippen LogP contribution >= 0.6 is 0 Å². The third-order valence-corrected chi connectivity index (χ3v) is 3.07. The fourth-order valence-electron chi connectivity index (χ4n) is 2.13. The Morgan fingerprint density at radius 1 is 1.05 bits per heavy atom. The van der Waals surface area contributed by atoms with Crippen molar-refractivity contribution in [3.8, 4) is 0 Å². The van der Waals surface area contributed by atoms with Crippen molar-refractivity contribution in [3.05, 3.63) is 48.0 Å². The van der Waals surface area contributed by atoms with Crippen LogP contribution in [0.4, 0.5) is 17.3 Å². The van der Waals surface area contributed by atoms with E-state index in [1.807, 2.05) is 54.3 Å². The first-order chi connectivity index (χ1) is 10.2. The SMILES string of the molecule is Cc1cc(Nc2ccccc2)nc(N(CCO)CCO)c1. The Hall–Kier alpha value is -2.11. The third-order valence-electron chi connectivity index (χ3n) is 3.07. The van der Waals surface area contributed by atoms with E-state index in [2.05, 4.69) is 10.3 Å². The van der Waals surface area contributed by atoms with Crippen LogP contribution in [0, 0.1) is 6.92 Å². The van der Waals surface area contributed by atoms with E-state index in [4.69, 9.17) is 10.2 Å². The zero-order valence-electron chi connectivity index (χ0n) is 12.2. The number of hydrogen-bond donors (Lipinski definition) is 3. The summed E-state index contributed by atoms with van der Waals surface area (Å²) in [5.41, 5.74) is 2.04. The number of aliphatic hydroxyl groups excluding tert-OH is 2. The van der Waals surface area contributed by atoms with Gasteiger partial charge in [-0.1, -0.05) is 18.2 Å². The van der Waals surface area contributed by atoms with Crippen molar-refractivity contribution in [3.63, 3.8) is 0 Å². The van der Waals surface area contributed by atoms with E-state index < -0.39 is 0 Å². The van der Waals surface area contributed by atoms with Gasteiger partial charge in [0.25, 0.3) is 0 Å². The molecule has 21 heavy (non-hydrogen) atoms. The van der Waals surface area contributed by atoms with Gasteiger partial charge in [0.2, 0.25) is 0 Å². The van der Waals surface area contributed by atoms with Gasteiger partial charge in [0.05, 0.1) is 13.2 Å². The molecule has 2 rings (SSSR count). The molecule has 0 aliphatic rings. The number of hydrogen-bond acceptors (Lipinski definition) is 5. The first-order valence-corrected chi connectivity index (χ1v) is 7.00. The molecule has 0 spiro atoms. The van der Waals surface area contributed by atoms with E-state index in [9.17, 15) is 0 Å². The van der Waals surface area contributed by atoms with Crippen LogP contribution in [-0.2, 0) is 0 Å². The Kier molecular flexibility index (Phi) is 5.54. The molecule has 0 bridgehead atoms. The second-order valence-corrected chi connectivity index (χ2v) is 4.81. The molecule has 3 N–H and O–H groups in total. The minimum Gasteiger partial charge on any atom is -0.395 e. The second kappa shape index (κ2) is 7.61. The predicted octanol–water partition coefficient (Wildman–Crippen LogP) is 1.92. The molecule has 5 nitrogen and oxygen atoms in total. The number of anilines is 3. The molecule has 5 heteroatoms. The molecule has 2 aromatic rings. The van der Waals surface area contributed by atoms with E-state index in [-0.39, 0.29) is 13.2 Å². The molecule has 0 fully saturated rings. The fourth-order valence-corrected chi connectivity index (χ4v) is 2.13. The number of para-hydroxylation sites is 1. The van der Waals surface area contributed by atoms with Gasteiger partial charge in [-0.2, -0.15) is 0 Å². The summed E-state index contributed by atoms with van der Waals surface area (Å²) in [4.78, 5) is 6.42. The summed E-state index contributed by atoms with van der Waals surface area (Å²) < 4.78 is 0. The highest BCUT2D eigenvalue weighted by Crippen LogP contribution is 2.20. The molecule has 0 aliphatic heterocycles. The largest absolute Gasteiger partial charge is 0.395 e. The second-order valence-electron chi connectivity index (χ2n) is 4.81. The first-order valence-electron chi connectivity index (χ1n) is 7.00. The minimum atomic E-state index is 0.0249. The maximum atomic E-state index is 9.13. The molecule has 1 aromatic heterocycles. The van der Waals surface area contributed by atoms with Crippen molar-refractivity contribution in [1.82, 2.24) is 4.98 Å². The van der Waals surface area contributed by atoms with Crippen LogP contribution in [-0.4, -0.2) is 41.5 Å². The summed E-state index contributed by atoms with van der Waals surface area (Å²) in [5, 5.41) is 21.5. The highest BCUT2D eigenvalue weighted by Gasteiger charge is 2.09. The summed E-state index contributed by atoms with van der Waals surface area (Å²) in [6.07, 6.45) is 0. The summed E-state index contributed by atoms with van der Waals surface area (Å²) in [7, 11) is 0. The number of aliphatic hydroxyl groups is 2. The molecule has 0 unspecified atom stereocenters. The number of benzene rings is 1. The normalized spacial score (nSPS) is 10.4. The number of aromatic nitrogens is 1. The number of nitrogens with zero attached hydrogens (tertiary/aromatic N) is 2. The quantitative estimate of drug-likeness (QED) is 0.726. The van der Waals surface area contributed by atoms with Gasteiger partial charge >= 0.3 is 0 Å². The zero-order chi connectivity index (χ0) is 15.1. The van der Waals surface area contributed by atoms with E-state index in [0.717, 1.165) is 22.9 Å². The van der Waals surface area contributed by atoms with Crippen molar-refractivity contribution in [2.45, 2.75) is 6.92 Å². The van der Waals surface area contributed by atoms with Gasteiger partial charge in [0, 0.05) is 18.8 Å². The first kappa shape index (κ1) is 15.3. The Bertz CT molecular complexity index is 555. The van der Waals surface area contributed by atoms with Gasteiger partial charge in [-0.3, -0.25) is 0 Å². The van der Waals surface area contributed by atoms with Crippen molar-refractivity contribution in [1.29, 1.82) is 0 Å². The molecule has 0 saturated carbocycles. The van der Waals surface area contributed by atoms with Crippen LogP contribution in [0.1, 0.15) is 5.56 Å². The average Bonchev–Trinajstić information content (AvgIpc) is 2.47. The molecule has 0 atom stereocenters. The maximum Gasteiger partial charge on any atom is 0.133 e. The van der Waals surface area contributed by atoms with Crippen LogP contribution < -0.4 is 10.2 Å². The Morgan fingerprint density at radius 2 is 1.71 bits per heavy atom. The van der Waals surface area contributed by atoms with Crippen molar-refractivity contribution in [2.75, 3.05) is 36.5 Å². The monoisotopic (exact) mass is 287 g/mol. The average molecular weight is 287 g/mol. The Balaban J connectivity index is 2.23. The van der Waals surface area contributed by atoms with Gasteiger partial charge in [0.1, 0.15) is 11.6 Å². The van der Waals surface area contributed by atoms with E-state index in [1.54, 1.807) is 0 Å². The van der Waals surface area contributed by atoms with Gasteiger partial charge < -0.3 is 20.4 Å². The molecule has 0 radical (unpaired) electrons. The zero-order valence-corrected chi connectivity index (χ0v) is 12.2. The van der Waals surface area contributed by atoms with Gasteiger partial charge in [-0.05, 0) is 36.8 Å². The fraction of sp³-hybridized carbons (Fsp3) is 0.312. The maximum absolute atomic E-state index is 9.13.